The zero-order valence-electron chi connectivity index (χ0n) is 20.5. The molecule has 3 aromatic carbocycles. The van der Waals surface area contributed by atoms with Crippen LogP contribution in [0.15, 0.2) is 59.4 Å². The molecule has 0 aliphatic rings. The molecule has 37 heavy (non-hydrogen) atoms. The number of methoxy groups -OCH3 is 2. The lowest BCUT2D eigenvalue weighted by Crippen LogP contribution is -2.14. The first-order chi connectivity index (χ1) is 18.0. The zero-order valence-corrected chi connectivity index (χ0v) is 20.5. The minimum atomic E-state index is -0.577. The molecule has 0 bridgehead atoms. The number of nitrogens with zero attached hydrogens (tertiary/aromatic N) is 2. The molecule has 5 aromatic rings. The Morgan fingerprint density at radius 3 is 2.54 bits per heavy atom. The van der Waals surface area contributed by atoms with E-state index < -0.39 is 6.09 Å². The van der Waals surface area contributed by atoms with Crippen molar-refractivity contribution in [2.75, 3.05) is 26.1 Å². The van der Waals surface area contributed by atoms with Gasteiger partial charge in [0.15, 0.2) is 0 Å². The SMILES string of the molecule is CCOC(=O)Nc1nc2cc(-c3cc(Cc4n[nH]c(=O)c5ccccc45)c(OC)cc3OC)ccc2[nH]1. The van der Waals surface area contributed by atoms with Gasteiger partial charge < -0.3 is 19.2 Å². The summed E-state index contributed by atoms with van der Waals surface area (Å²) in [5.74, 6) is 1.56. The largest absolute Gasteiger partial charge is 0.496 e. The number of aromatic nitrogens is 4. The van der Waals surface area contributed by atoms with E-state index in [9.17, 15) is 9.59 Å². The number of fused-ring (bicyclic) bond motifs is 2. The highest BCUT2D eigenvalue weighted by Gasteiger charge is 2.17. The van der Waals surface area contributed by atoms with E-state index in [1.165, 1.54) is 0 Å². The first kappa shape index (κ1) is 23.9. The van der Waals surface area contributed by atoms with Gasteiger partial charge in [0.05, 0.1) is 42.9 Å². The zero-order chi connectivity index (χ0) is 25.9. The molecule has 10 nitrogen and oxygen atoms in total. The van der Waals surface area contributed by atoms with Crippen molar-refractivity contribution in [3.8, 4) is 22.6 Å². The maximum Gasteiger partial charge on any atom is 0.413 e. The number of hydrogen-bond acceptors (Lipinski definition) is 7. The van der Waals surface area contributed by atoms with Gasteiger partial charge in [-0.15, -0.1) is 0 Å². The molecule has 0 aliphatic carbocycles. The van der Waals surface area contributed by atoms with Crippen LogP contribution in [-0.4, -0.2) is 47.1 Å². The summed E-state index contributed by atoms with van der Waals surface area (Å²) in [5, 5.41) is 10.9. The second kappa shape index (κ2) is 10.0. The van der Waals surface area contributed by atoms with Crippen molar-refractivity contribution in [3.05, 3.63) is 76.2 Å². The van der Waals surface area contributed by atoms with Crippen LogP contribution in [0, 0.1) is 0 Å². The number of hydrogen-bond donors (Lipinski definition) is 3. The minimum Gasteiger partial charge on any atom is -0.496 e. The number of carbonyl (C=O) groups is 1. The summed E-state index contributed by atoms with van der Waals surface area (Å²) < 4.78 is 16.3. The van der Waals surface area contributed by atoms with Crippen molar-refractivity contribution in [2.24, 2.45) is 0 Å². The number of amides is 1. The summed E-state index contributed by atoms with van der Waals surface area (Å²) in [7, 11) is 3.20. The molecule has 0 atom stereocenters. The highest BCUT2D eigenvalue weighted by molar-refractivity contribution is 5.89. The Bertz CT molecular complexity index is 1670. The topological polar surface area (TPSA) is 131 Å². The first-order valence-corrected chi connectivity index (χ1v) is 11.7. The van der Waals surface area contributed by atoms with Gasteiger partial charge in [0, 0.05) is 29.0 Å². The molecule has 2 heterocycles. The summed E-state index contributed by atoms with van der Waals surface area (Å²) in [4.78, 5) is 31.5. The second-order valence-corrected chi connectivity index (χ2v) is 8.25. The summed E-state index contributed by atoms with van der Waals surface area (Å²) in [6, 6.07) is 16.9. The van der Waals surface area contributed by atoms with Gasteiger partial charge >= 0.3 is 6.09 Å². The highest BCUT2D eigenvalue weighted by Crippen LogP contribution is 2.38. The van der Waals surface area contributed by atoms with E-state index in [1.54, 1.807) is 27.2 Å². The Hall–Kier alpha value is -4.86. The molecule has 188 valence electrons. The molecule has 5 rings (SSSR count). The number of nitrogens with one attached hydrogen (secondary N) is 3. The molecule has 0 fully saturated rings. The van der Waals surface area contributed by atoms with E-state index >= 15 is 0 Å². The third-order valence-corrected chi connectivity index (χ3v) is 6.03. The van der Waals surface area contributed by atoms with E-state index in [-0.39, 0.29) is 12.2 Å². The van der Waals surface area contributed by atoms with Gasteiger partial charge in [-0.2, -0.15) is 5.10 Å². The Kier molecular flexibility index (Phi) is 6.46. The molecule has 0 saturated heterocycles. The Morgan fingerprint density at radius 1 is 1.00 bits per heavy atom. The number of H-pyrrole nitrogens is 2. The average molecular weight is 500 g/mol. The van der Waals surface area contributed by atoms with Gasteiger partial charge in [-0.05, 0) is 36.8 Å². The van der Waals surface area contributed by atoms with Gasteiger partial charge in [0.2, 0.25) is 5.95 Å². The monoisotopic (exact) mass is 499 g/mol. The van der Waals surface area contributed by atoms with Crippen molar-refractivity contribution in [1.29, 1.82) is 0 Å². The predicted octanol–water partition coefficient (Wildman–Crippen LogP) is 4.64. The fraction of sp³-hybridized carbons (Fsp3) is 0.185. The summed E-state index contributed by atoms with van der Waals surface area (Å²) in [6.07, 6.45) is -0.151. The van der Waals surface area contributed by atoms with Crippen LogP contribution in [0.4, 0.5) is 10.7 Å². The van der Waals surface area contributed by atoms with E-state index in [4.69, 9.17) is 14.2 Å². The lowest BCUT2D eigenvalue weighted by molar-refractivity contribution is 0.167. The summed E-state index contributed by atoms with van der Waals surface area (Å²) >= 11 is 0. The molecular formula is C27H25N5O5. The number of benzene rings is 3. The molecule has 0 aliphatic heterocycles. The molecule has 10 heteroatoms. The Balaban J connectivity index is 1.56. The molecule has 2 aromatic heterocycles. The number of rotatable bonds is 7. The predicted molar refractivity (Wildman–Crippen MR) is 140 cm³/mol. The molecule has 3 N–H and O–H groups in total. The van der Waals surface area contributed by atoms with Crippen LogP contribution >= 0.6 is 0 Å². The third-order valence-electron chi connectivity index (χ3n) is 6.03. The van der Waals surface area contributed by atoms with Crippen LogP contribution < -0.4 is 20.3 Å². The highest BCUT2D eigenvalue weighted by atomic mass is 16.5. The van der Waals surface area contributed by atoms with Crippen molar-refractivity contribution in [1.82, 2.24) is 20.2 Å². The van der Waals surface area contributed by atoms with Crippen molar-refractivity contribution in [2.45, 2.75) is 13.3 Å². The van der Waals surface area contributed by atoms with Crippen molar-refractivity contribution < 1.29 is 19.0 Å². The maximum atomic E-state index is 12.2. The van der Waals surface area contributed by atoms with E-state index in [0.717, 1.165) is 33.3 Å². The standard InChI is InChI=1S/C27H25N5O5/c1-4-37-27(34)30-26-28-20-10-9-15(12-22(20)29-26)19-11-16(23(35-2)14-24(19)36-3)13-21-17-7-5-6-8-18(17)25(33)32-31-21/h5-12,14H,4,13H2,1-3H3,(H,32,33)(H2,28,29,30,34). The van der Waals surface area contributed by atoms with Crippen LogP contribution in [0.5, 0.6) is 11.5 Å². The fourth-order valence-corrected chi connectivity index (χ4v) is 4.31. The number of ether oxygens (including phenoxy) is 3. The molecule has 1 amide bonds. The van der Waals surface area contributed by atoms with Gasteiger partial charge in [-0.25, -0.2) is 14.9 Å². The Labute approximate surface area is 211 Å². The molecular weight excluding hydrogens is 474 g/mol. The van der Waals surface area contributed by atoms with E-state index in [1.807, 2.05) is 48.5 Å². The second-order valence-electron chi connectivity index (χ2n) is 8.25. The van der Waals surface area contributed by atoms with Gasteiger partial charge in [-0.1, -0.05) is 24.3 Å². The Morgan fingerprint density at radius 2 is 1.78 bits per heavy atom. The number of anilines is 1. The fourth-order valence-electron chi connectivity index (χ4n) is 4.31. The van der Waals surface area contributed by atoms with Gasteiger partial charge in [-0.3, -0.25) is 10.1 Å². The average Bonchev–Trinajstić information content (AvgIpc) is 3.31. The molecule has 0 radical (unpaired) electrons. The van der Waals surface area contributed by atoms with Crippen LogP contribution in [0.25, 0.3) is 32.9 Å². The number of aromatic amines is 2. The quantitative estimate of drug-likeness (QED) is 0.297. The molecule has 0 unspecified atom stereocenters. The van der Waals surface area contributed by atoms with Gasteiger partial charge in [0.25, 0.3) is 5.56 Å². The first-order valence-electron chi connectivity index (χ1n) is 11.7. The van der Waals surface area contributed by atoms with Crippen LogP contribution in [0.1, 0.15) is 18.2 Å². The lowest BCUT2D eigenvalue weighted by Gasteiger charge is -2.15. The van der Waals surface area contributed by atoms with Gasteiger partial charge in [0.1, 0.15) is 11.5 Å². The van der Waals surface area contributed by atoms with E-state index in [2.05, 4.69) is 25.5 Å². The number of carbonyl (C=O) groups excluding carboxylic acids is 1. The van der Waals surface area contributed by atoms with Crippen molar-refractivity contribution >= 4 is 33.8 Å². The smallest absolute Gasteiger partial charge is 0.413 e. The maximum absolute atomic E-state index is 12.2. The van der Waals surface area contributed by atoms with Crippen LogP contribution in [0.2, 0.25) is 0 Å². The van der Waals surface area contributed by atoms with Crippen LogP contribution in [-0.2, 0) is 11.2 Å². The van der Waals surface area contributed by atoms with Crippen LogP contribution in [0.3, 0.4) is 0 Å². The molecule has 0 saturated carbocycles. The number of imidazole rings is 1. The minimum absolute atomic E-state index is 0.231. The van der Waals surface area contributed by atoms with E-state index in [0.29, 0.717) is 34.8 Å². The lowest BCUT2D eigenvalue weighted by atomic mass is 9.97. The van der Waals surface area contributed by atoms with Crippen molar-refractivity contribution in [3.63, 3.8) is 0 Å². The normalized spacial score (nSPS) is 11.0. The summed E-state index contributed by atoms with van der Waals surface area (Å²) in [5.41, 5.74) is 4.48. The summed E-state index contributed by atoms with van der Waals surface area (Å²) in [6.45, 7) is 2.00. The third kappa shape index (κ3) is 4.68. The molecule has 0 spiro atoms.